The molecule has 5 N–H and O–H groups in total. The number of fused-ring (bicyclic) bond motifs is 1. The van der Waals surface area contributed by atoms with Crippen molar-refractivity contribution >= 4 is 34.6 Å². The number of carboxylic acid groups (broad SMARTS) is 1. The van der Waals surface area contributed by atoms with Crippen molar-refractivity contribution in [2.45, 2.75) is 72.0 Å². The van der Waals surface area contributed by atoms with Crippen molar-refractivity contribution in [1.29, 1.82) is 0 Å². The minimum absolute atomic E-state index is 0.0669. The monoisotopic (exact) mass is 472 g/mol. The van der Waals surface area contributed by atoms with E-state index < -0.39 is 35.9 Å². The predicted molar refractivity (Wildman–Crippen MR) is 130 cm³/mol. The molecule has 2 rings (SSSR count). The third-order valence-corrected chi connectivity index (χ3v) is 5.45. The number of carboxylic acids is 1. The third-order valence-electron chi connectivity index (χ3n) is 5.45. The summed E-state index contributed by atoms with van der Waals surface area (Å²) in [4.78, 5) is 52.6. The Morgan fingerprint density at radius 3 is 1.91 bits per heavy atom. The van der Waals surface area contributed by atoms with Gasteiger partial charge in [-0.15, -0.1) is 0 Å². The Labute approximate surface area is 200 Å². The van der Waals surface area contributed by atoms with E-state index in [4.69, 9.17) is 0 Å². The highest BCUT2D eigenvalue weighted by Gasteiger charge is 2.30. The fourth-order valence-electron chi connectivity index (χ4n) is 3.92. The second-order valence-electron chi connectivity index (χ2n) is 9.54. The first-order chi connectivity index (χ1) is 16.0. The summed E-state index contributed by atoms with van der Waals surface area (Å²) in [6, 6.07) is 4.66. The molecule has 0 aliphatic carbocycles. The van der Waals surface area contributed by atoms with Gasteiger partial charge in [0, 0.05) is 30.4 Å². The molecule has 1 heterocycles. The summed E-state index contributed by atoms with van der Waals surface area (Å²) >= 11 is 0. The van der Waals surface area contributed by atoms with Crippen LogP contribution in [0.5, 0.6) is 0 Å². The van der Waals surface area contributed by atoms with Gasteiger partial charge >= 0.3 is 5.97 Å². The number of amides is 3. The number of rotatable bonds is 12. The standard InChI is InChI=1S/C25H36N4O5/c1-14(2)10-20(27-16(5)30)23(31)28-21(11-15(3)4)24(32)29-22(25(33)34)12-17-13-26-19-9-7-6-8-18(17)19/h6-9,13-15,20-22,26H,10-12H2,1-5H3,(H,27,30)(H,28,31)(H,29,32)(H,33,34)/t20-,21-,22-/m0/s1. The van der Waals surface area contributed by atoms with E-state index >= 15 is 0 Å². The molecule has 9 nitrogen and oxygen atoms in total. The lowest BCUT2D eigenvalue weighted by atomic mass is 9.99. The number of aromatic nitrogens is 1. The summed E-state index contributed by atoms with van der Waals surface area (Å²) in [6.45, 7) is 9.02. The smallest absolute Gasteiger partial charge is 0.326 e. The van der Waals surface area contributed by atoms with Crippen LogP contribution in [-0.2, 0) is 25.6 Å². The molecule has 9 heteroatoms. The fraction of sp³-hybridized carbons (Fsp3) is 0.520. The van der Waals surface area contributed by atoms with Gasteiger partial charge in [-0.05, 0) is 36.3 Å². The predicted octanol–water partition coefficient (Wildman–Crippen LogP) is 2.36. The van der Waals surface area contributed by atoms with Gasteiger partial charge in [0.25, 0.3) is 0 Å². The van der Waals surface area contributed by atoms with Gasteiger partial charge in [-0.2, -0.15) is 0 Å². The molecule has 1 aromatic heterocycles. The van der Waals surface area contributed by atoms with Gasteiger partial charge < -0.3 is 26.0 Å². The molecule has 34 heavy (non-hydrogen) atoms. The molecule has 0 aliphatic heterocycles. The Balaban J connectivity index is 2.17. The van der Waals surface area contributed by atoms with Crippen LogP contribution in [0.15, 0.2) is 30.5 Å². The third kappa shape index (κ3) is 7.90. The zero-order valence-corrected chi connectivity index (χ0v) is 20.5. The van der Waals surface area contributed by atoms with E-state index in [0.29, 0.717) is 12.8 Å². The van der Waals surface area contributed by atoms with Crippen LogP contribution in [0.4, 0.5) is 0 Å². The number of carbonyl (C=O) groups is 4. The van der Waals surface area contributed by atoms with Gasteiger partial charge in [0.1, 0.15) is 18.1 Å². The topological polar surface area (TPSA) is 140 Å². The lowest BCUT2D eigenvalue weighted by Gasteiger charge is -2.26. The molecular formula is C25H36N4O5. The highest BCUT2D eigenvalue weighted by molar-refractivity contribution is 5.93. The normalized spacial score (nSPS) is 14.0. The average molecular weight is 473 g/mol. The van der Waals surface area contributed by atoms with Crippen LogP contribution in [0.3, 0.4) is 0 Å². The number of hydrogen-bond acceptors (Lipinski definition) is 4. The quantitative estimate of drug-likeness (QED) is 0.323. The maximum atomic E-state index is 13.1. The number of aliphatic carboxylic acids is 1. The molecule has 2 aromatic rings. The Morgan fingerprint density at radius 2 is 1.38 bits per heavy atom. The zero-order valence-electron chi connectivity index (χ0n) is 20.5. The Kier molecular flexibility index (Phi) is 9.65. The van der Waals surface area contributed by atoms with Crippen LogP contribution >= 0.6 is 0 Å². The molecule has 0 unspecified atom stereocenters. The van der Waals surface area contributed by atoms with Gasteiger partial charge in [0.05, 0.1) is 0 Å². The number of carbonyl (C=O) groups excluding carboxylic acids is 3. The molecule has 0 aliphatic rings. The number of hydrogen-bond donors (Lipinski definition) is 5. The summed E-state index contributed by atoms with van der Waals surface area (Å²) in [5.74, 6) is -2.32. The second-order valence-corrected chi connectivity index (χ2v) is 9.54. The van der Waals surface area contributed by atoms with Gasteiger partial charge in [-0.1, -0.05) is 45.9 Å². The van der Waals surface area contributed by atoms with E-state index in [-0.39, 0.29) is 24.2 Å². The van der Waals surface area contributed by atoms with Crippen LogP contribution in [0.1, 0.15) is 53.0 Å². The van der Waals surface area contributed by atoms with Gasteiger partial charge in [-0.3, -0.25) is 14.4 Å². The average Bonchev–Trinajstić information content (AvgIpc) is 3.14. The van der Waals surface area contributed by atoms with Gasteiger partial charge in [0.15, 0.2) is 0 Å². The number of H-pyrrole nitrogens is 1. The molecule has 0 saturated heterocycles. The SMILES string of the molecule is CC(=O)N[C@@H](CC(C)C)C(=O)N[C@@H](CC(C)C)C(=O)N[C@@H](Cc1c[nH]c2ccccc12)C(=O)O. The van der Waals surface area contributed by atoms with Crippen molar-refractivity contribution in [1.82, 2.24) is 20.9 Å². The number of nitrogens with one attached hydrogen (secondary N) is 4. The van der Waals surface area contributed by atoms with Crippen LogP contribution in [0, 0.1) is 11.8 Å². The zero-order chi connectivity index (χ0) is 25.4. The van der Waals surface area contributed by atoms with Crippen molar-refractivity contribution in [3.63, 3.8) is 0 Å². The Hall–Kier alpha value is -3.36. The fourth-order valence-corrected chi connectivity index (χ4v) is 3.92. The summed E-state index contributed by atoms with van der Waals surface area (Å²) in [5, 5.41) is 18.6. The van der Waals surface area contributed by atoms with E-state index in [1.54, 1.807) is 6.20 Å². The molecule has 0 radical (unpaired) electrons. The maximum absolute atomic E-state index is 13.1. The molecule has 0 fully saturated rings. The van der Waals surface area contributed by atoms with Crippen molar-refractivity contribution in [3.8, 4) is 0 Å². The molecule has 0 bridgehead atoms. The van der Waals surface area contributed by atoms with Crippen molar-refractivity contribution in [2.75, 3.05) is 0 Å². The summed E-state index contributed by atoms with van der Waals surface area (Å²) in [5.41, 5.74) is 1.66. The maximum Gasteiger partial charge on any atom is 0.326 e. The van der Waals surface area contributed by atoms with Crippen molar-refractivity contribution in [2.24, 2.45) is 11.8 Å². The largest absolute Gasteiger partial charge is 0.480 e. The molecular weight excluding hydrogens is 436 g/mol. The van der Waals surface area contributed by atoms with E-state index in [2.05, 4.69) is 20.9 Å². The van der Waals surface area contributed by atoms with E-state index in [1.165, 1.54) is 6.92 Å². The van der Waals surface area contributed by atoms with Crippen molar-refractivity contribution in [3.05, 3.63) is 36.0 Å². The van der Waals surface area contributed by atoms with Crippen LogP contribution in [0.25, 0.3) is 10.9 Å². The Morgan fingerprint density at radius 1 is 0.853 bits per heavy atom. The molecule has 0 spiro atoms. The summed E-state index contributed by atoms with van der Waals surface area (Å²) in [6.07, 6.45) is 2.57. The molecule has 186 valence electrons. The first kappa shape index (κ1) is 26.9. The first-order valence-electron chi connectivity index (χ1n) is 11.6. The molecule has 3 atom stereocenters. The molecule has 3 amide bonds. The van der Waals surface area contributed by atoms with Gasteiger partial charge in [0.2, 0.25) is 17.7 Å². The van der Waals surface area contributed by atoms with E-state index in [9.17, 15) is 24.3 Å². The van der Waals surface area contributed by atoms with Crippen LogP contribution in [-0.4, -0.2) is 51.9 Å². The van der Waals surface area contributed by atoms with E-state index in [0.717, 1.165) is 16.5 Å². The van der Waals surface area contributed by atoms with Crippen molar-refractivity contribution < 1.29 is 24.3 Å². The minimum Gasteiger partial charge on any atom is -0.480 e. The number of benzene rings is 1. The van der Waals surface area contributed by atoms with Crippen LogP contribution in [0.2, 0.25) is 0 Å². The number of aromatic amines is 1. The van der Waals surface area contributed by atoms with Crippen LogP contribution < -0.4 is 16.0 Å². The lowest BCUT2D eigenvalue weighted by Crippen LogP contribution is -2.56. The first-order valence-corrected chi connectivity index (χ1v) is 11.6. The molecule has 1 aromatic carbocycles. The molecule has 0 saturated carbocycles. The Bertz CT molecular complexity index is 1010. The minimum atomic E-state index is -1.17. The lowest BCUT2D eigenvalue weighted by molar-refractivity contribution is -0.142. The van der Waals surface area contributed by atoms with E-state index in [1.807, 2.05) is 52.0 Å². The van der Waals surface area contributed by atoms with Gasteiger partial charge in [-0.25, -0.2) is 4.79 Å². The number of para-hydroxylation sites is 1. The highest BCUT2D eigenvalue weighted by atomic mass is 16.4. The second kappa shape index (κ2) is 12.2. The summed E-state index contributed by atoms with van der Waals surface area (Å²) in [7, 11) is 0. The summed E-state index contributed by atoms with van der Waals surface area (Å²) < 4.78 is 0. The highest BCUT2D eigenvalue weighted by Crippen LogP contribution is 2.19.